The van der Waals surface area contributed by atoms with Gasteiger partial charge in [0.25, 0.3) is 11.8 Å². The second kappa shape index (κ2) is 6.04. The molecule has 0 spiro atoms. The number of hydrogen-bond acceptors (Lipinski definition) is 4. The fourth-order valence-corrected chi connectivity index (χ4v) is 2.57. The first-order chi connectivity index (χ1) is 11.1. The molecule has 0 atom stereocenters. The largest absolute Gasteiger partial charge is 0.491 e. The Hall–Kier alpha value is -2.95. The van der Waals surface area contributed by atoms with Crippen molar-refractivity contribution in [1.29, 1.82) is 0 Å². The van der Waals surface area contributed by atoms with Crippen molar-refractivity contribution in [1.82, 2.24) is 4.90 Å². The maximum atomic E-state index is 12.2. The van der Waals surface area contributed by atoms with Gasteiger partial charge in [-0.15, -0.1) is 0 Å². The van der Waals surface area contributed by atoms with Gasteiger partial charge in [-0.3, -0.25) is 19.3 Å². The van der Waals surface area contributed by atoms with Crippen LogP contribution in [0, 0.1) is 0 Å². The van der Waals surface area contributed by atoms with E-state index in [1.165, 1.54) is 11.8 Å². The molecule has 23 heavy (non-hydrogen) atoms. The van der Waals surface area contributed by atoms with Crippen LogP contribution in [-0.4, -0.2) is 35.6 Å². The Morgan fingerprint density at radius 1 is 0.957 bits per heavy atom. The molecule has 0 fully saturated rings. The van der Waals surface area contributed by atoms with Crippen LogP contribution in [0.3, 0.4) is 0 Å². The maximum Gasteiger partial charge on any atom is 0.261 e. The summed E-state index contributed by atoms with van der Waals surface area (Å²) in [6.45, 7) is 1.74. The number of hydrogen-bond donors (Lipinski definition) is 0. The van der Waals surface area contributed by atoms with E-state index in [1.54, 1.807) is 48.5 Å². The molecular weight excluding hydrogens is 294 g/mol. The van der Waals surface area contributed by atoms with Crippen LogP contribution in [0.15, 0.2) is 48.5 Å². The minimum atomic E-state index is -0.311. The van der Waals surface area contributed by atoms with Crippen LogP contribution < -0.4 is 4.74 Å². The van der Waals surface area contributed by atoms with Crippen molar-refractivity contribution in [2.24, 2.45) is 0 Å². The lowest BCUT2D eigenvalue weighted by molar-refractivity contribution is 0.0630. The van der Waals surface area contributed by atoms with Gasteiger partial charge in [-0.2, -0.15) is 0 Å². The third-order valence-electron chi connectivity index (χ3n) is 3.72. The van der Waals surface area contributed by atoms with Crippen LogP contribution in [0.1, 0.15) is 38.0 Å². The second-order valence-electron chi connectivity index (χ2n) is 5.21. The lowest BCUT2D eigenvalue weighted by Crippen LogP contribution is -2.33. The quantitative estimate of drug-likeness (QED) is 0.629. The van der Waals surface area contributed by atoms with Crippen molar-refractivity contribution in [2.45, 2.75) is 6.92 Å². The number of rotatable bonds is 5. The SMILES string of the molecule is CC(=O)c1ccccc1OCCN1C(=O)c2ccccc2C1=O. The molecule has 5 nitrogen and oxygen atoms in total. The highest BCUT2D eigenvalue weighted by atomic mass is 16.5. The summed E-state index contributed by atoms with van der Waals surface area (Å²) in [6.07, 6.45) is 0. The first-order valence-corrected chi connectivity index (χ1v) is 7.27. The monoisotopic (exact) mass is 309 g/mol. The highest BCUT2D eigenvalue weighted by molar-refractivity contribution is 6.21. The van der Waals surface area contributed by atoms with Crippen LogP contribution in [0.4, 0.5) is 0 Å². The second-order valence-corrected chi connectivity index (χ2v) is 5.21. The highest BCUT2D eigenvalue weighted by Gasteiger charge is 2.34. The van der Waals surface area contributed by atoms with E-state index >= 15 is 0 Å². The Kier molecular flexibility index (Phi) is 3.93. The molecule has 2 aromatic rings. The van der Waals surface area contributed by atoms with E-state index in [2.05, 4.69) is 0 Å². The Labute approximate surface area is 133 Å². The van der Waals surface area contributed by atoms with Gasteiger partial charge in [0, 0.05) is 0 Å². The fraction of sp³-hybridized carbons (Fsp3) is 0.167. The number of benzene rings is 2. The van der Waals surface area contributed by atoms with Crippen molar-refractivity contribution in [3.8, 4) is 5.75 Å². The molecule has 0 radical (unpaired) electrons. The van der Waals surface area contributed by atoms with Gasteiger partial charge >= 0.3 is 0 Å². The Morgan fingerprint density at radius 3 is 2.13 bits per heavy atom. The summed E-state index contributed by atoms with van der Waals surface area (Å²) in [5.74, 6) is -0.263. The van der Waals surface area contributed by atoms with Gasteiger partial charge < -0.3 is 4.74 Å². The zero-order chi connectivity index (χ0) is 16.4. The lowest BCUT2D eigenvalue weighted by atomic mass is 10.1. The average molecular weight is 309 g/mol. The topological polar surface area (TPSA) is 63.7 Å². The third kappa shape index (κ3) is 2.73. The number of carbonyl (C=O) groups excluding carboxylic acids is 3. The highest BCUT2D eigenvalue weighted by Crippen LogP contribution is 2.23. The Bertz CT molecular complexity index is 762. The summed E-state index contributed by atoms with van der Waals surface area (Å²) in [6, 6.07) is 13.6. The summed E-state index contributed by atoms with van der Waals surface area (Å²) in [4.78, 5) is 37.1. The van der Waals surface area contributed by atoms with Crippen LogP contribution in [0.25, 0.3) is 0 Å². The van der Waals surface area contributed by atoms with Crippen molar-refractivity contribution >= 4 is 17.6 Å². The minimum absolute atomic E-state index is 0.0960. The molecule has 0 unspecified atom stereocenters. The standard InChI is InChI=1S/C18H15NO4/c1-12(20)13-6-4-5-9-16(13)23-11-10-19-17(21)14-7-2-3-8-15(14)18(19)22/h2-9H,10-11H2,1H3. The van der Waals surface area contributed by atoms with E-state index in [-0.39, 0.29) is 30.7 Å². The van der Waals surface area contributed by atoms with Crippen LogP contribution in [-0.2, 0) is 0 Å². The van der Waals surface area contributed by atoms with Gasteiger partial charge in [-0.05, 0) is 31.2 Å². The number of carbonyl (C=O) groups is 3. The molecule has 1 aliphatic heterocycles. The summed E-state index contributed by atoms with van der Waals surface area (Å²) in [5.41, 5.74) is 1.32. The summed E-state index contributed by atoms with van der Waals surface area (Å²) < 4.78 is 5.59. The van der Waals surface area contributed by atoms with Crippen LogP contribution >= 0.6 is 0 Å². The van der Waals surface area contributed by atoms with Gasteiger partial charge in [-0.1, -0.05) is 24.3 Å². The first kappa shape index (κ1) is 15.0. The molecular formula is C18H15NO4. The van der Waals surface area contributed by atoms with E-state index in [1.807, 2.05) is 0 Å². The van der Waals surface area contributed by atoms with Crippen molar-refractivity contribution in [3.05, 3.63) is 65.2 Å². The number of nitrogens with zero attached hydrogens (tertiary/aromatic N) is 1. The van der Waals surface area contributed by atoms with Crippen molar-refractivity contribution in [3.63, 3.8) is 0 Å². The number of ketones is 1. The maximum absolute atomic E-state index is 12.2. The predicted octanol–water partition coefficient (Wildman–Crippen LogP) is 2.56. The van der Waals surface area contributed by atoms with Crippen LogP contribution in [0.2, 0.25) is 0 Å². The molecule has 0 saturated carbocycles. The minimum Gasteiger partial charge on any atom is -0.491 e. The van der Waals surface area contributed by atoms with Gasteiger partial charge in [0.05, 0.1) is 23.2 Å². The fourth-order valence-electron chi connectivity index (χ4n) is 2.57. The summed E-state index contributed by atoms with van der Waals surface area (Å²) in [7, 11) is 0. The molecule has 5 heteroatoms. The number of fused-ring (bicyclic) bond motifs is 1. The van der Waals surface area contributed by atoms with Gasteiger partial charge in [-0.25, -0.2) is 0 Å². The zero-order valence-corrected chi connectivity index (χ0v) is 12.6. The summed E-state index contributed by atoms with van der Waals surface area (Å²) >= 11 is 0. The number of Topliss-reactive ketones (excluding diaryl/α,β-unsaturated/α-hetero) is 1. The van der Waals surface area contributed by atoms with Gasteiger partial charge in [0.1, 0.15) is 12.4 Å². The molecule has 2 amide bonds. The average Bonchev–Trinajstić information content (AvgIpc) is 2.80. The number of amides is 2. The molecule has 2 aromatic carbocycles. The number of imide groups is 1. The Morgan fingerprint density at radius 2 is 1.52 bits per heavy atom. The molecule has 0 aliphatic carbocycles. The zero-order valence-electron chi connectivity index (χ0n) is 12.6. The number of para-hydroxylation sites is 1. The van der Waals surface area contributed by atoms with Crippen molar-refractivity contribution in [2.75, 3.05) is 13.2 Å². The molecule has 1 aliphatic rings. The first-order valence-electron chi connectivity index (χ1n) is 7.27. The van der Waals surface area contributed by atoms with E-state index in [9.17, 15) is 14.4 Å². The molecule has 0 bridgehead atoms. The number of ether oxygens (including phenoxy) is 1. The molecule has 116 valence electrons. The predicted molar refractivity (Wildman–Crippen MR) is 83.8 cm³/mol. The van der Waals surface area contributed by atoms with Gasteiger partial charge in [0.15, 0.2) is 5.78 Å². The molecule has 0 N–H and O–H groups in total. The molecule has 0 saturated heterocycles. The molecule has 1 heterocycles. The van der Waals surface area contributed by atoms with E-state index in [0.29, 0.717) is 22.4 Å². The van der Waals surface area contributed by atoms with E-state index < -0.39 is 0 Å². The smallest absolute Gasteiger partial charge is 0.261 e. The summed E-state index contributed by atoms with van der Waals surface area (Å²) in [5, 5.41) is 0. The molecule has 0 aromatic heterocycles. The van der Waals surface area contributed by atoms with Crippen molar-refractivity contribution < 1.29 is 19.1 Å². The van der Waals surface area contributed by atoms with E-state index in [0.717, 1.165) is 0 Å². The third-order valence-corrected chi connectivity index (χ3v) is 3.72. The van der Waals surface area contributed by atoms with Crippen LogP contribution in [0.5, 0.6) is 5.75 Å². The Balaban J connectivity index is 1.68. The van der Waals surface area contributed by atoms with Gasteiger partial charge in [0.2, 0.25) is 0 Å². The van der Waals surface area contributed by atoms with E-state index in [4.69, 9.17) is 4.74 Å². The normalized spacial score (nSPS) is 13.2. The molecule has 3 rings (SSSR count). The lowest BCUT2D eigenvalue weighted by Gasteiger charge is -2.15.